The Morgan fingerprint density at radius 1 is 1.15 bits per heavy atom. The average Bonchev–Trinajstić information content (AvgIpc) is 3.19. The summed E-state index contributed by atoms with van der Waals surface area (Å²) in [6, 6.07) is 10.0. The second kappa shape index (κ2) is 9.67. The normalized spacial score (nSPS) is 15.8. The van der Waals surface area contributed by atoms with Crippen LogP contribution in [0.4, 0.5) is 5.69 Å². The summed E-state index contributed by atoms with van der Waals surface area (Å²) in [6.45, 7) is 5.54. The standard InChI is InChI=1S/C20H28ClN5O/c1-22-20(23-9-8-16-5-4-14-27-16)24-15-17-18(21)6-3-7-19(17)26-12-10-25(2)11-13-26/h3-7,14H,8-13,15H2,1-2H3,(H2,22,23,24). The quantitative estimate of drug-likeness (QED) is 0.587. The summed E-state index contributed by atoms with van der Waals surface area (Å²) < 4.78 is 5.36. The number of aliphatic imine (C=N–C) groups is 1. The molecule has 0 unspecified atom stereocenters. The molecule has 2 heterocycles. The van der Waals surface area contributed by atoms with Gasteiger partial charge in [0.1, 0.15) is 5.76 Å². The van der Waals surface area contributed by atoms with Crippen molar-refractivity contribution in [3.8, 4) is 0 Å². The Kier molecular flexibility index (Phi) is 7.01. The van der Waals surface area contributed by atoms with Crippen LogP contribution in [0.2, 0.25) is 5.02 Å². The number of likely N-dealkylation sites (N-methyl/N-ethyl adjacent to an activating group) is 1. The van der Waals surface area contributed by atoms with E-state index in [2.05, 4.69) is 38.5 Å². The predicted molar refractivity (Wildman–Crippen MR) is 112 cm³/mol. The summed E-state index contributed by atoms with van der Waals surface area (Å²) in [5, 5.41) is 7.48. The van der Waals surface area contributed by atoms with Crippen LogP contribution in [0.5, 0.6) is 0 Å². The van der Waals surface area contributed by atoms with Crippen LogP contribution in [0.15, 0.2) is 46.0 Å². The molecule has 2 N–H and O–H groups in total. The molecule has 1 saturated heterocycles. The van der Waals surface area contributed by atoms with Crippen LogP contribution in [-0.2, 0) is 13.0 Å². The summed E-state index contributed by atoms with van der Waals surface area (Å²) in [5.41, 5.74) is 2.31. The van der Waals surface area contributed by atoms with E-state index in [-0.39, 0.29) is 0 Å². The summed E-state index contributed by atoms with van der Waals surface area (Å²) >= 11 is 6.53. The maximum absolute atomic E-state index is 6.53. The van der Waals surface area contributed by atoms with Gasteiger partial charge in [0.05, 0.1) is 6.26 Å². The minimum Gasteiger partial charge on any atom is -0.469 e. The van der Waals surface area contributed by atoms with Gasteiger partial charge < -0.3 is 24.9 Å². The number of benzene rings is 1. The van der Waals surface area contributed by atoms with E-state index >= 15 is 0 Å². The van der Waals surface area contributed by atoms with E-state index in [0.29, 0.717) is 6.54 Å². The molecule has 0 saturated carbocycles. The van der Waals surface area contributed by atoms with Crippen LogP contribution in [0.25, 0.3) is 0 Å². The third-order valence-electron chi connectivity index (χ3n) is 4.84. The van der Waals surface area contributed by atoms with Crippen LogP contribution >= 0.6 is 11.6 Å². The van der Waals surface area contributed by atoms with Crippen LogP contribution in [-0.4, -0.2) is 57.7 Å². The Morgan fingerprint density at radius 3 is 2.67 bits per heavy atom. The Labute approximate surface area is 166 Å². The van der Waals surface area contributed by atoms with Crippen molar-refractivity contribution in [2.75, 3.05) is 51.7 Å². The number of hydrogen-bond acceptors (Lipinski definition) is 4. The monoisotopic (exact) mass is 389 g/mol. The Hall–Kier alpha value is -2.18. The first-order valence-electron chi connectivity index (χ1n) is 9.35. The van der Waals surface area contributed by atoms with Crippen molar-refractivity contribution >= 4 is 23.2 Å². The van der Waals surface area contributed by atoms with Crippen molar-refractivity contribution in [1.82, 2.24) is 15.5 Å². The average molecular weight is 390 g/mol. The minimum atomic E-state index is 0.627. The largest absolute Gasteiger partial charge is 0.469 e. The SMILES string of the molecule is CN=C(NCCc1ccco1)NCc1c(Cl)cccc1N1CCN(C)CC1. The molecule has 1 aliphatic rings. The zero-order valence-electron chi connectivity index (χ0n) is 16.0. The number of furan rings is 1. The molecule has 146 valence electrons. The molecule has 0 amide bonds. The molecule has 27 heavy (non-hydrogen) atoms. The molecule has 1 aliphatic heterocycles. The van der Waals surface area contributed by atoms with Gasteiger partial charge in [0.2, 0.25) is 0 Å². The summed E-state index contributed by atoms with van der Waals surface area (Å²) in [4.78, 5) is 9.07. The van der Waals surface area contributed by atoms with Gasteiger partial charge in [-0.1, -0.05) is 17.7 Å². The van der Waals surface area contributed by atoms with E-state index in [9.17, 15) is 0 Å². The number of nitrogens with one attached hydrogen (secondary N) is 2. The lowest BCUT2D eigenvalue weighted by Crippen LogP contribution is -2.45. The molecular weight excluding hydrogens is 362 g/mol. The zero-order chi connectivity index (χ0) is 19.1. The molecule has 6 nitrogen and oxygen atoms in total. The lowest BCUT2D eigenvalue weighted by molar-refractivity contribution is 0.312. The van der Waals surface area contributed by atoms with Crippen LogP contribution in [0.3, 0.4) is 0 Å². The van der Waals surface area contributed by atoms with Gasteiger partial charge >= 0.3 is 0 Å². The third kappa shape index (κ3) is 5.40. The molecule has 1 fully saturated rings. The molecule has 0 aliphatic carbocycles. The number of nitrogens with zero attached hydrogens (tertiary/aromatic N) is 3. The van der Waals surface area contributed by atoms with Crippen molar-refractivity contribution in [2.24, 2.45) is 4.99 Å². The van der Waals surface area contributed by atoms with E-state index < -0.39 is 0 Å². The summed E-state index contributed by atoms with van der Waals surface area (Å²) in [5.74, 6) is 1.72. The summed E-state index contributed by atoms with van der Waals surface area (Å²) in [7, 11) is 3.94. The number of hydrogen-bond donors (Lipinski definition) is 2. The van der Waals surface area contributed by atoms with Gasteiger partial charge in [0, 0.05) is 69.0 Å². The smallest absolute Gasteiger partial charge is 0.191 e. The molecular formula is C20H28ClN5O. The van der Waals surface area contributed by atoms with Crippen molar-refractivity contribution in [1.29, 1.82) is 0 Å². The van der Waals surface area contributed by atoms with Gasteiger partial charge in [0.25, 0.3) is 0 Å². The van der Waals surface area contributed by atoms with Crippen molar-refractivity contribution in [3.63, 3.8) is 0 Å². The fourth-order valence-electron chi connectivity index (χ4n) is 3.22. The lowest BCUT2D eigenvalue weighted by Gasteiger charge is -2.35. The van der Waals surface area contributed by atoms with Crippen LogP contribution < -0.4 is 15.5 Å². The highest BCUT2D eigenvalue weighted by molar-refractivity contribution is 6.31. The fourth-order valence-corrected chi connectivity index (χ4v) is 3.45. The maximum atomic E-state index is 6.53. The van der Waals surface area contributed by atoms with Gasteiger partial charge in [-0.3, -0.25) is 4.99 Å². The molecule has 0 radical (unpaired) electrons. The Balaban J connectivity index is 1.59. The van der Waals surface area contributed by atoms with Crippen molar-refractivity contribution in [2.45, 2.75) is 13.0 Å². The Morgan fingerprint density at radius 2 is 1.96 bits per heavy atom. The van der Waals surface area contributed by atoms with E-state index in [4.69, 9.17) is 16.0 Å². The zero-order valence-corrected chi connectivity index (χ0v) is 16.8. The highest BCUT2D eigenvalue weighted by atomic mass is 35.5. The third-order valence-corrected chi connectivity index (χ3v) is 5.19. The molecule has 0 spiro atoms. The van der Waals surface area contributed by atoms with Gasteiger partial charge in [-0.2, -0.15) is 0 Å². The number of anilines is 1. The lowest BCUT2D eigenvalue weighted by atomic mass is 10.1. The van der Waals surface area contributed by atoms with Gasteiger partial charge in [-0.15, -0.1) is 0 Å². The van der Waals surface area contributed by atoms with Crippen molar-refractivity contribution < 1.29 is 4.42 Å². The number of halogens is 1. The van der Waals surface area contributed by atoms with Crippen LogP contribution in [0.1, 0.15) is 11.3 Å². The summed E-state index contributed by atoms with van der Waals surface area (Å²) in [6.07, 6.45) is 2.51. The Bertz CT molecular complexity index is 739. The molecule has 0 bridgehead atoms. The molecule has 2 aromatic rings. The maximum Gasteiger partial charge on any atom is 0.191 e. The minimum absolute atomic E-state index is 0.627. The number of rotatable bonds is 6. The molecule has 0 atom stereocenters. The number of piperazine rings is 1. The second-order valence-corrected chi connectivity index (χ2v) is 7.12. The highest BCUT2D eigenvalue weighted by Gasteiger charge is 2.18. The van der Waals surface area contributed by atoms with Gasteiger partial charge in [-0.05, 0) is 31.3 Å². The fraction of sp³-hybridized carbons (Fsp3) is 0.450. The van der Waals surface area contributed by atoms with Gasteiger partial charge in [0.15, 0.2) is 5.96 Å². The second-order valence-electron chi connectivity index (χ2n) is 6.71. The first-order valence-corrected chi connectivity index (χ1v) is 9.73. The van der Waals surface area contributed by atoms with E-state index in [0.717, 1.165) is 61.5 Å². The van der Waals surface area contributed by atoms with E-state index in [1.165, 1.54) is 5.69 Å². The first kappa shape index (κ1) is 19.6. The number of guanidine groups is 1. The molecule has 3 rings (SSSR count). The van der Waals surface area contributed by atoms with Crippen molar-refractivity contribution in [3.05, 3.63) is 52.9 Å². The topological polar surface area (TPSA) is 56.0 Å². The van der Waals surface area contributed by atoms with E-state index in [1.54, 1.807) is 13.3 Å². The molecule has 1 aromatic carbocycles. The molecule has 7 heteroatoms. The van der Waals surface area contributed by atoms with Gasteiger partial charge in [-0.25, -0.2) is 0 Å². The first-order chi connectivity index (χ1) is 13.2. The predicted octanol–water partition coefficient (Wildman–Crippen LogP) is 2.59. The van der Waals surface area contributed by atoms with E-state index in [1.807, 2.05) is 24.3 Å². The molecule has 1 aromatic heterocycles. The highest BCUT2D eigenvalue weighted by Crippen LogP contribution is 2.28. The van der Waals surface area contributed by atoms with Crippen LogP contribution in [0, 0.1) is 0 Å².